The molecule has 0 heterocycles. The number of aliphatic carboxylic acids is 1. The molecule has 12 N–H and O–H groups in total. The topological polar surface area (TPSA) is 247 Å². The molecular formula is C13H25N7O6. The number of carbonyl (C=O) groups is 4. The monoisotopic (exact) mass is 375 g/mol. The Labute approximate surface area is 149 Å². The van der Waals surface area contributed by atoms with E-state index in [0.29, 0.717) is 6.42 Å². The number of guanidine groups is 1. The van der Waals surface area contributed by atoms with E-state index in [9.17, 15) is 19.2 Å². The lowest BCUT2D eigenvalue weighted by Crippen LogP contribution is -2.55. The molecule has 0 saturated carbocycles. The first-order valence-electron chi connectivity index (χ1n) is 7.64. The summed E-state index contributed by atoms with van der Waals surface area (Å²) < 4.78 is 0. The Morgan fingerprint density at radius 2 is 1.62 bits per heavy atom. The molecule has 13 heteroatoms. The summed E-state index contributed by atoms with van der Waals surface area (Å²) in [6.07, 6.45) is -0.0841. The zero-order valence-corrected chi connectivity index (χ0v) is 14.0. The van der Waals surface area contributed by atoms with Crippen LogP contribution in [-0.4, -0.2) is 71.1 Å². The number of aliphatic hydroxyl groups excluding tert-OH is 1. The van der Waals surface area contributed by atoms with Crippen molar-refractivity contribution in [3.05, 3.63) is 0 Å². The van der Waals surface area contributed by atoms with Gasteiger partial charge < -0.3 is 43.4 Å². The van der Waals surface area contributed by atoms with Crippen molar-refractivity contribution in [2.75, 3.05) is 13.2 Å². The van der Waals surface area contributed by atoms with Gasteiger partial charge >= 0.3 is 5.97 Å². The zero-order chi connectivity index (χ0) is 20.3. The van der Waals surface area contributed by atoms with Crippen LogP contribution >= 0.6 is 0 Å². The molecule has 0 radical (unpaired) electrons. The molecule has 0 bridgehead atoms. The zero-order valence-electron chi connectivity index (χ0n) is 14.0. The van der Waals surface area contributed by atoms with Gasteiger partial charge in [-0.3, -0.25) is 19.8 Å². The minimum Gasteiger partial charge on any atom is -0.480 e. The second kappa shape index (κ2) is 11.6. The van der Waals surface area contributed by atoms with Gasteiger partial charge in [-0.15, -0.1) is 0 Å². The normalized spacial score (nSPS) is 13.8. The second-order valence-electron chi connectivity index (χ2n) is 5.40. The molecule has 148 valence electrons. The highest BCUT2D eigenvalue weighted by Crippen LogP contribution is 2.00. The van der Waals surface area contributed by atoms with E-state index >= 15 is 0 Å². The molecule has 0 aromatic rings. The van der Waals surface area contributed by atoms with E-state index < -0.39 is 54.8 Å². The molecule has 0 unspecified atom stereocenters. The number of carbonyl (C=O) groups excluding carboxylic acids is 3. The Morgan fingerprint density at radius 3 is 2.08 bits per heavy atom. The predicted molar refractivity (Wildman–Crippen MR) is 89.5 cm³/mol. The van der Waals surface area contributed by atoms with Crippen molar-refractivity contribution < 1.29 is 29.4 Å². The molecular weight excluding hydrogens is 350 g/mol. The van der Waals surface area contributed by atoms with Crippen LogP contribution in [0.25, 0.3) is 0 Å². The van der Waals surface area contributed by atoms with Gasteiger partial charge in [-0.05, 0) is 12.8 Å². The lowest BCUT2D eigenvalue weighted by Gasteiger charge is -2.22. The van der Waals surface area contributed by atoms with E-state index in [4.69, 9.17) is 32.8 Å². The van der Waals surface area contributed by atoms with Crippen molar-refractivity contribution in [2.24, 2.45) is 17.2 Å². The van der Waals surface area contributed by atoms with Crippen LogP contribution in [0.2, 0.25) is 0 Å². The highest BCUT2D eigenvalue weighted by Gasteiger charge is 2.27. The van der Waals surface area contributed by atoms with Crippen LogP contribution in [0.3, 0.4) is 0 Å². The average Bonchev–Trinajstić information content (AvgIpc) is 2.53. The first-order chi connectivity index (χ1) is 12.1. The third-order valence-corrected chi connectivity index (χ3v) is 3.17. The first-order valence-corrected chi connectivity index (χ1v) is 7.64. The van der Waals surface area contributed by atoms with E-state index in [-0.39, 0.29) is 18.9 Å². The van der Waals surface area contributed by atoms with E-state index in [1.807, 2.05) is 0 Å². The van der Waals surface area contributed by atoms with Crippen molar-refractivity contribution in [3.63, 3.8) is 0 Å². The smallest absolute Gasteiger partial charge is 0.328 e. The molecule has 3 amide bonds. The van der Waals surface area contributed by atoms with E-state index in [1.54, 1.807) is 0 Å². The average molecular weight is 375 g/mol. The minimum absolute atomic E-state index is 0.0545. The number of carboxylic acids is 1. The maximum absolute atomic E-state index is 12.2. The van der Waals surface area contributed by atoms with Crippen LogP contribution in [-0.2, 0) is 19.2 Å². The fourth-order valence-electron chi connectivity index (χ4n) is 1.84. The third kappa shape index (κ3) is 9.39. The minimum atomic E-state index is -1.54. The number of nitrogens with two attached hydrogens (primary N) is 3. The van der Waals surface area contributed by atoms with Crippen LogP contribution in [0.4, 0.5) is 0 Å². The largest absolute Gasteiger partial charge is 0.480 e. The third-order valence-electron chi connectivity index (χ3n) is 3.17. The number of aliphatic hydroxyl groups is 1. The standard InChI is InChI=1S/C13H25N7O6/c14-6(4-9(15)22)10(23)19-7(2-1-3-18-13(16)17)11(24)20-8(5-21)12(25)26/h6-8,21H,1-5,14H2,(H2,15,22)(H,19,23)(H,20,24)(H,25,26)(H4,16,17,18)/t6-,7-,8-/m0/s1. The van der Waals surface area contributed by atoms with Crippen LogP contribution in [0, 0.1) is 5.41 Å². The Kier molecular flexibility index (Phi) is 10.3. The molecule has 3 atom stereocenters. The first kappa shape index (κ1) is 23.1. The molecule has 0 aliphatic carbocycles. The van der Waals surface area contributed by atoms with Crippen molar-refractivity contribution in [1.82, 2.24) is 16.0 Å². The number of hydrogen-bond acceptors (Lipinski definition) is 7. The van der Waals surface area contributed by atoms with Crippen LogP contribution < -0.4 is 33.2 Å². The number of carboxylic acid groups (broad SMARTS) is 1. The summed E-state index contributed by atoms with van der Waals surface area (Å²) in [5.74, 6) is -4.20. The number of hydrogen-bond donors (Lipinski definition) is 9. The van der Waals surface area contributed by atoms with Crippen molar-refractivity contribution >= 4 is 29.7 Å². The van der Waals surface area contributed by atoms with Gasteiger partial charge in [0.1, 0.15) is 12.1 Å². The molecule has 0 aliphatic rings. The Hall–Kier alpha value is -2.93. The second-order valence-corrected chi connectivity index (χ2v) is 5.40. The molecule has 0 rings (SSSR count). The predicted octanol–water partition coefficient (Wildman–Crippen LogP) is -4.50. The summed E-state index contributed by atoms with van der Waals surface area (Å²) in [5.41, 5.74) is 15.6. The van der Waals surface area contributed by atoms with Crippen LogP contribution in [0.15, 0.2) is 0 Å². The van der Waals surface area contributed by atoms with Gasteiger partial charge in [-0.1, -0.05) is 0 Å². The summed E-state index contributed by atoms with van der Waals surface area (Å²) in [4.78, 5) is 45.9. The van der Waals surface area contributed by atoms with Gasteiger partial charge in [0.15, 0.2) is 5.96 Å². The van der Waals surface area contributed by atoms with Crippen molar-refractivity contribution in [3.8, 4) is 0 Å². The van der Waals surface area contributed by atoms with E-state index in [0.717, 1.165) is 0 Å². The van der Waals surface area contributed by atoms with Crippen molar-refractivity contribution in [2.45, 2.75) is 37.4 Å². The van der Waals surface area contributed by atoms with E-state index in [2.05, 4.69) is 16.0 Å². The number of amides is 3. The molecule has 0 spiro atoms. The van der Waals surface area contributed by atoms with Gasteiger partial charge in [-0.25, -0.2) is 4.79 Å². The van der Waals surface area contributed by atoms with Crippen molar-refractivity contribution in [1.29, 1.82) is 5.41 Å². The van der Waals surface area contributed by atoms with Gasteiger partial charge in [0.2, 0.25) is 17.7 Å². The molecule has 0 aliphatic heterocycles. The van der Waals surface area contributed by atoms with Gasteiger partial charge in [0, 0.05) is 6.54 Å². The van der Waals surface area contributed by atoms with E-state index in [1.165, 1.54) is 0 Å². The fourth-order valence-corrected chi connectivity index (χ4v) is 1.84. The maximum atomic E-state index is 12.2. The quantitative estimate of drug-likeness (QED) is 0.0904. The molecule has 26 heavy (non-hydrogen) atoms. The summed E-state index contributed by atoms with van der Waals surface area (Å²) in [6, 6.07) is -3.99. The van der Waals surface area contributed by atoms with Gasteiger partial charge in [0.05, 0.1) is 19.1 Å². The Bertz CT molecular complexity index is 541. The fraction of sp³-hybridized carbons (Fsp3) is 0.615. The maximum Gasteiger partial charge on any atom is 0.328 e. The molecule has 0 fully saturated rings. The molecule has 0 saturated heterocycles. The number of nitrogens with one attached hydrogen (secondary N) is 4. The summed E-state index contributed by atoms with van der Waals surface area (Å²) in [7, 11) is 0. The number of rotatable bonds is 12. The Balaban J connectivity index is 4.94. The molecule has 0 aromatic carbocycles. The van der Waals surface area contributed by atoms with Crippen LogP contribution in [0.1, 0.15) is 19.3 Å². The molecule has 13 nitrogen and oxygen atoms in total. The molecule has 0 aromatic heterocycles. The lowest BCUT2D eigenvalue weighted by molar-refractivity contribution is -0.143. The van der Waals surface area contributed by atoms with Gasteiger partial charge in [0.25, 0.3) is 0 Å². The Morgan fingerprint density at radius 1 is 1.04 bits per heavy atom. The summed E-state index contributed by atoms with van der Waals surface area (Å²) in [6.45, 7) is -0.612. The van der Waals surface area contributed by atoms with Gasteiger partial charge in [-0.2, -0.15) is 0 Å². The highest BCUT2D eigenvalue weighted by molar-refractivity contribution is 5.93. The number of primary amides is 1. The highest BCUT2D eigenvalue weighted by atomic mass is 16.4. The van der Waals surface area contributed by atoms with Crippen LogP contribution in [0.5, 0.6) is 0 Å². The SMILES string of the molecule is N=C(N)NCCC[C@H](NC(=O)[C@@H](N)CC(N)=O)C(=O)N[C@@H](CO)C(=O)O. The summed E-state index contributed by atoms with van der Waals surface area (Å²) in [5, 5.41) is 31.8. The lowest BCUT2D eigenvalue weighted by atomic mass is 10.1. The summed E-state index contributed by atoms with van der Waals surface area (Å²) >= 11 is 0.